The van der Waals surface area contributed by atoms with Gasteiger partial charge in [-0.1, -0.05) is 18.2 Å². The highest BCUT2D eigenvalue weighted by atomic mass is 16.6. The van der Waals surface area contributed by atoms with Crippen molar-refractivity contribution in [3.63, 3.8) is 0 Å². The third-order valence-corrected chi connectivity index (χ3v) is 5.58. The summed E-state index contributed by atoms with van der Waals surface area (Å²) in [6.45, 7) is 5.80. The highest BCUT2D eigenvalue weighted by molar-refractivity contribution is 5.95. The van der Waals surface area contributed by atoms with Crippen LogP contribution in [-0.4, -0.2) is 44.2 Å². The van der Waals surface area contributed by atoms with Crippen LogP contribution in [0.3, 0.4) is 0 Å². The zero-order chi connectivity index (χ0) is 27.4. The number of aromatic hydroxyl groups is 1. The fourth-order valence-electron chi connectivity index (χ4n) is 3.68. The Labute approximate surface area is 218 Å². The molecule has 38 heavy (non-hydrogen) atoms. The SMILES string of the molecule is COc1cc(CNC(=O)c2cc3c(=O)n(Cc4ccc(C(=O)OC(C)(C)C)cc4)cnc3cn2)ccc1O. The summed E-state index contributed by atoms with van der Waals surface area (Å²) in [5.74, 6) is -0.587. The van der Waals surface area contributed by atoms with Gasteiger partial charge in [0.15, 0.2) is 11.5 Å². The van der Waals surface area contributed by atoms with Crippen LogP contribution in [0.5, 0.6) is 11.5 Å². The van der Waals surface area contributed by atoms with Crippen molar-refractivity contribution in [3.05, 3.63) is 93.8 Å². The van der Waals surface area contributed by atoms with Crippen LogP contribution in [-0.2, 0) is 17.8 Å². The quantitative estimate of drug-likeness (QED) is 0.357. The molecule has 0 aliphatic rings. The molecule has 1 amide bonds. The molecule has 0 saturated heterocycles. The van der Waals surface area contributed by atoms with Gasteiger partial charge in [0, 0.05) is 6.54 Å². The molecular formula is C28H28N4O6. The van der Waals surface area contributed by atoms with Crippen LogP contribution in [0.2, 0.25) is 0 Å². The number of hydrogen-bond acceptors (Lipinski definition) is 8. The first-order valence-corrected chi connectivity index (χ1v) is 11.9. The van der Waals surface area contributed by atoms with E-state index < -0.39 is 17.5 Å². The molecule has 0 unspecified atom stereocenters. The van der Waals surface area contributed by atoms with E-state index in [1.165, 1.54) is 36.3 Å². The molecule has 0 fully saturated rings. The Hall–Kier alpha value is -4.73. The van der Waals surface area contributed by atoms with Gasteiger partial charge in [-0.15, -0.1) is 0 Å². The Kier molecular flexibility index (Phi) is 7.43. The van der Waals surface area contributed by atoms with E-state index in [-0.39, 0.29) is 35.5 Å². The van der Waals surface area contributed by atoms with E-state index >= 15 is 0 Å². The number of fused-ring (bicyclic) bond motifs is 1. The normalized spacial score (nSPS) is 11.3. The minimum absolute atomic E-state index is 0.00142. The highest BCUT2D eigenvalue weighted by Crippen LogP contribution is 2.26. The lowest BCUT2D eigenvalue weighted by molar-refractivity contribution is 0.00694. The maximum absolute atomic E-state index is 13.2. The van der Waals surface area contributed by atoms with Gasteiger partial charge in [-0.3, -0.25) is 14.2 Å². The lowest BCUT2D eigenvalue weighted by Gasteiger charge is -2.19. The zero-order valence-corrected chi connectivity index (χ0v) is 21.5. The summed E-state index contributed by atoms with van der Waals surface area (Å²) in [5.41, 5.74) is 1.44. The second kappa shape index (κ2) is 10.7. The smallest absolute Gasteiger partial charge is 0.338 e. The van der Waals surface area contributed by atoms with Gasteiger partial charge in [0.05, 0.1) is 42.6 Å². The molecule has 0 aliphatic heterocycles. The number of esters is 1. The monoisotopic (exact) mass is 516 g/mol. The molecule has 2 N–H and O–H groups in total. The number of amides is 1. The number of nitrogens with zero attached hydrogens (tertiary/aromatic N) is 3. The van der Waals surface area contributed by atoms with Gasteiger partial charge in [-0.05, 0) is 62.2 Å². The summed E-state index contributed by atoms with van der Waals surface area (Å²) < 4.78 is 11.9. The molecule has 0 atom stereocenters. The number of hydrogen-bond donors (Lipinski definition) is 2. The average molecular weight is 517 g/mol. The number of carbonyl (C=O) groups excluding carboxylic acids is 2. The molecule has 2 aromatic heterocycles. The van der Waals surface area contributed by atoms with Crippen LogP contribution >= 0.6 is 0 Å². The molecule has 10 nitrogen and oxygen atoms in total. The Balaban J connectivity index is 1.50. The van der Waals surface area contributed by atoms with E-state index in [1.54, 1.807) is 57.2 Å². The molecule has 0 spiro atoms. The van der Waals surface area contributed by atoms with E-state index in [4.69, 9.17) is 9.47 Å². The molecule has 2 heterocycles. The van der Waals surface area contributed by atoms with Gasteiger partial charge >= 0.3 is 5.97 Å². The predicted molar refractivity (Wildman–Crippen MR) is 140 cm³/mol. The Bertz CT molecular complexity index is 1550. The number of carbonyl (C=O) groups is 2. The Morgan fingerprint density at radius 3 is 2.42 bits per heavy atom. The molecule has 2 aromatic carbocycles. The number of rotatable bonds is 7. The summed E-state index contributed by atoms with van der Waals surface area (Å²) in [5, 5.41) is 12.7. The van der Waals surface area contributed by atoms with E-state index in [0.29, 0.717) is 16.8 Å². The number of aromatic nitrogens is 3. The fourth-order valence-corrected chi connectivity index (χ4v) is 3.68. The van der Waals surface area contributed by atoms with Gasteiger partial charge < -0.3 is 19.9 Å². The van der Waals surface area contributed by atoms with Crippen molar-refractivity contribution in [1.29, 1.82) is 0 Å². The van der Waals surface area contributed by atoms with Crippen molar-refractivity contribution in [2.75, 3.05) is 7.11 Å². The van der Waals surface area contributed by atoms with E-state index in [9.17, 15) is 19.5 Å². The summed E-state index contributed by atoms with van der Waals surface area (Å²) >= 11 is 0. The second-order valence-electron chi connectivity index (χ2n) is 9.65. The number of pyridine rings is 1. The topological polar surface area (TPSA) is 133 Å². The van der Waals surface area contributed by atoms with Gasteiger partial charge in [-0.2, -0.15) is 0 Å². The largest absolute Gasteiger partial charge is 0.504 e. The maximum Gasteiger partial charge on any atom is 0.338 e. The first kappa shape index (κ1) is 26.3. The molecule has 0 radical (unpaired) electrons. The Morgan fingerprint density at radius 2 is 1.74 bits per heavy atom. The van der Waals surface area contributed by atoms with E-state index in [1.807, 2.05) is 0 Å². The van der Waals surface area contributed by atoms with Crippen molar-refractivity contribution >= 4 is 22.8 Å². The van der Waals surface area contributed by atoms with Gasteiger partial charge in [0.1, 0.15) is 11.3 Å². The summed E-state index contributed by atoms with van der Waals surface area (Å²) in [4.78, 5) is 46.6. The fraction of sp³-hybridized carbons (Fsp3) is 0.250. The standard InChI is InChI=1S/C28H28N4O6/c1-28(2,3)38-27(36)19-8-5-17(6-9-19)15-32-16-31-22-14-29-21(12-20(22)26(32)35)25(34)30-13-18-7-10-23(33)24(11-18)37-4/h5-12,14,16,33H,13,15H2,1-4H3,(H,30,34). The van der Waals surface area contributed by atoms with Crippen molar-refractivity contribution in [3.8, 4) is 11.5 Å². The molecule has 0 aliphatic carbocycles. The van der Waals surface area contributed by atoms with Crippen molar-refractivity contribution in [2.45, 2.75) is 39.5 Å². The average Bonchev–Trinajstić information content (AvgIpc) is 2.89. The van der Waals surface area contributed by atoms with Crippen LogP contribution in [0.1, 0.15) is 52.7 Å². The van der Waals surface area contributed by atoms with Gasteiger partial charge in [0.25, 0.3) is 11.5 Å². The number of methoxy groups -OCH3 is 1. The third kappa shape index (κ3) is 6.15. The van der Waals surface area contributed by atoms with Crippen LogP contribution < -0.4 is 15.6 Å². The molecule has 0 saturated carbocycles. The van der Waals surface area contributed by atoms with Crippen molar-refractivity contribution < 1.29 is 24.2 Å². The molecule has 0 bridgehead atoms. The van der Waals surface area contributed by atoms with Crippen molar-refractivity contribution in [1.82, 2.24) is 19.9 Å². The molecule has 10 heteroatoms. The molecular weight excluding hydrogens is 488 g/mol. The minimum Gasteiger partial charge on any atom is -0.504 e. The first-order chi connectivity index (χ1) is 18.0. The van der Waals surface area contributed by atoms with Crippen LogP contribution in [0.4, 0.5) is 0 Å². The third-order valence-electron chi connectivity index (χ3n) is 5.58. The predicted octanol–water partition coefficient (Wildman–Crippen LogP) is 3.44. The van der Waals surface area contributed by atoms with Crippen LogP contribution in [0, 0.1) is 0 Å². The maximum atomic E-state index is 13.2. The van der Waals surface area contributed by atoms with Gasteiger partial charge in [-0.25, -0.2) is 14.8 Å². The number of ether oxygens (including phenoxy) is 2. The summed E-state index contributed by atoms with van der Waals surface area (Å²) in [6, 6.07) is 13.0. The lowest BCUT2D eigenvalue weighted by Crippen LogP contribution is -2.25. The van der Waals surface area contributed by atoms with E-state index in [0.717, 1.165) is 11.1 Å². The molecule has 196 valence electrons. The second-order valence-corrected chi connectivity index (χ2v) is 9.65. The number of phenolic OH excluding ortho intramolecular Hbond substituents is 1. The summed E-state index contributed by atoms with van der Waals surface area (Å²) in [7, 11) is 1.44. The Morgan fingerprint density at radius 1 is 1.03 bits per heavy atom. The van der Waals surface area contributed by atoms with Crippen LogP contribution in [0.25, 0.3) is 10.9 Å². The number of benzene rings is 2. The number of phenols is 1. The first-order valence-electron chi connectivity index (χ1n) is 11.9. The molecule has 4 rings (SSSR count). The zero-order valence-electron chi connectivity index (χ0n) is 21.5. The van der Waals surface area contributed by atoms with Gasteiger partial charge in [0.2, 0.25) is 0 Å². The van der Waals surface area contributed by atoms with Crippen LogP contribution in [0.15, 0.2) is 65.8 Å². The van der Waals surface area contributed by atoms with Crippen molar-refractivity contribution in [2.24, 2.45) is 0 Å². The lowest BCUT2D eigenvalue weighted by atomic mass is 10.1. The summed E-state index contributed by atoms with van der Waals surface area (Å²) in [6.07, 6.45) is 2.81. The highest BCUT2D eigenvalue weighted by Gasteiger charge is 2.18. The van der Waals surface area contributed by atoms with E-state index in [2.05, 4.69) is 15.3 Å². The number of nitrogens with one attached hydrogen (secondary N) is 1. The molecule has 4 aromatic rings. The minimum atomic E-state index is -0.594.